The molecular weight excluding hydrogens is 272 g/mol. The minimum Gasteiger partial charge on any atom is -0.311 e. The van der Waals surface area contributed by atoms with Crippen LogP contribution in [0, 0.1) is 0 Å². The summed E-state index contributed by atoms with van der Waals surface area (Å²) in [6.45, 7) is 0.435. The van der Waals surface area contributed by atoms with Crippen molar-refractivity contribution in [2.45, 2.75) is 0 Å². The van der Waals surface area contributed by atoms with Crippen molar-refractivity contribution in [2.24, 2.45) is 5.10 Å². The summed E-state index contributed by atoms with van der Waals surface area (Å²) < 4.78 is 1.01. The molecule has 0 saturated heterocycles. The predicted octanol–water partition coefficient (Wildman–Crippen LogP) is 2.41. The van der Waals surface area contributed by atoms with Gasteiger partial charge < -0.3 is 4.90 Å². The van der Waals surface area contributed by atoms with Gasteiger partial charge in [-0.05, 0) is 24.3 Å². The zero-order valence-electron chi connectivity index (χ0n) is 10.4. The number of carbonyl (C=O) groups is 1. The van der Waals surface area contributed by atoms with Crippen LogP contribution in [0.2, 0.25) is 0 Å². The first-order valence-corrected chi connectivity index (χ1v) is 7.00. The lowest BCUT2D eigenvalue weighted by atomic mass is 10.3. The molecule has 0 N–H and O–H groups in total. The fraction of sp³-hybridized carbons (Fsp3) is 0.0714. The van der Waals surface area contributed by atoms with E-state index in [1.807, 2.05) is 53.6 Å². The number of para-hydroxylation sites is 1. The third-order valence-corrected chi connectivity index (χ3v) is 4.16. The molecule has 0 spiro atoms. The standard InChI is InChI=1S/C14H10N4OS/c19-14(13-15-10-5-1-2-6-11(10)20-13)18-9-17-8-4-3-7-12(17)16-18/h1-8H,9H2. The average Bonchev–Trinajstić information content (AvgIpc) is 3.10. The lowest BCUT2D eigenvalue weighted by Crippen LogP contribution is -2.30. The highest BCUT2D eigenvalue weighted by Crippen LogP contribution is 2.24. The second kappa shape index (κ2) is 4.28. The van der Waals surface area contributed by atoms with Crippen molar-refractivity contribution in [3.63, 3.8) is 0 Å². The second-order valence-electron chi connectivity index (χ2n) is 4.46. The zero-order valence-corrected chi connectivity index (χ0v) is 11.2. The third kappa shape index (κ3) is 1.73. The molecule has 98 valence electrons. The van der Waals surface area contributed by atoms with E-state index in [0.29, 0.717) is 11.7 Å². The Kier molecular flexibility index (Phi) is 2.43. The fourth-order valence-corrected chi connectivity index (χ4v) is 3.07. The monoisotopic (exact) mass is 282 g/mol. The molecule has 5 nitrogen and oxygen atoms in total. The van der Waals surface area contributed by atoms with Crippen molar-refractivity contribution in [3.8, 4) is 0 Å². The number of rotatable bonds is 1. The molecule has 6 heteroatoms. The lowest BCUT2D eigenvalue weighted by Gasteiger charge is -2.15. The Morgan fingerprint density at radius 3 is 3.00 bits per heavy atom. The molecule has 0 atom stereocenters. The van der Waals surface area contributed by atoms with Gasteiger partial charge in [0.15, 0.2) is 10.8 Å². The zero-order chi connectivity index (χ0) is 13.5. The van der Waals surface area contributed by atoms with Crippen molar-refractivity contribution in [1.82, 2.24) is 14.9 Å². The second-order valence-corrected chi connectivity index (χ2v) is 5.49. The van der Waals surface area contributed by atoms with E-state index in [1.165, 1.54) is 16.3 Å². The van der Waals surface area contributed by atoms with E-state index >= 15 is 0 Å². The highest BCUT2D eigenvalue weighted by molar-refractivity contribution is 7.20. The predicted molar refractivity (Wildman–Crippen MR) is 78.2 cm³/mol. The number of thiazole rings is 1. The molecule has 0 bridgehead atoms. The number of hydrazone groups is 1. The van der Waals surface area contributed by atoms with Crippen LogP contribution in [0.25, 0.3) is 10.2 Å². The van der Waals surface area contributed by atoms with E-state index in [2.05, 4.69) is 10.1 Å². The summed E-state index contributed by atoms with van der Waals surface area (Å²) >= 11 is 1.40. The summed E-state index contributed by atoms with van der Waals surface area (Å²) in [7, 11) is 0. The summed E-state index contributed by atoms with van der Waals surface area (Å²) in [6.07, 6.45) is 7.61. The Balaban J connectivity index is 1.66. The SMILES string of the molecule is O=C(c1nc2ccccc2s1)N1CN2C=CC=CC2=N1. The van der Waals surface area contributed by atoms with Gasteiger partial charge in [0, 0.05) is 6.20 Å². The first kappa shape index (κ1) is 11.4. The maximum Gasteiger partial charge on any atom is 0.304 e. The number of amidine groups is 1. The van der Waals surface area contributed by atoms with Gasteiger partial charge in [-0.25, -0.2) is 9.99 Å². The normalized spacial score (nSPS) is 16.7. The van der Waals surface area contributed by atoms with E-state index in [4.69, 9.17) is 0 Å². The van der Waals surface area contributed by atoms with E-state index in [0.717, 1.165) is 16.1 Å². The molecule has 1 amide bonds. The summed E-state index contributed by atoms with van der Waals surface area (Å²) in [4.78, 5) is 18.8. The van der Waals surface area contributed by atoms with Crippen molar-refractivity contribution >= 4 is 33.3 Å². The van der Waals surface area contributed by atoms with Gasteiger partial charge in [0.05, 0.1) is 10.2 Å². The van der Waals surface area contributed by atoms with Crippen LogP contribution in [0.15, 0.2) is 53.8 Å². The van der Waals surface area contributed by atoms with Crippen LogP contribution in [-0.4, -0.2) is 33.3 Å². The molecule has 2 aliphatic rings. The first-order valence-electron chi connectivity index (χ1n) is 6.19. The maximum absolute atomic E-state index is 12.5. The van der Waals surface area contributed by atoms with Crippen LogP contribution in [0.4, 0.5) is 0 Å². The Labute approximate surface area is 119 Å². The van der Waals surface area contributed by atoms with Crippen LogP contribution in [0.5, 0.6) is 0 Å². The number of benzene rings is 1. The highest BCUT2D eigenvalue weighted by atomic mass is 32.1. The van der Waals surface area contributed by atoms with E-state index in [9.17, 15) is 4.79 Å². The number of nitrogens with zero attached hydrogens (tertiary/aromatic N) is 4. The molecule has 2 aromatic rings. The van der Waals surface area contributed by atoms with Gasteiger partial charge in [-0.3, -0.25) is 4.79 Å². The van der Waals surface area contributed by atoms with Crippen LogP contribution < -0.4 is 0 Å². The smallest absolute Gasteiger partial charge is 0.304 e. The number of aromatic nitrogens is 1. The molecule has 4 rings (SSSR count). The fourth-order valence-electron chi connectivity index (χ4n) is 2.16. The Morgan fingerprint density at radius 1 is 1.25 bits per heavy atom. The van der Waals surface area contributed by atoms with Crippen molar-refractivity contribution in [3.05, 3.63) is 53.7 Å². The van der Waals surface area contributed by atoms with Crippen LogP contribution in [-0.2, 0) is 0 Å². The summed E-state index contributed by atoms with van der Waals surface area (Å²) in [6, 6.07) is 7.74. The van der Waals surface area contributed by atoms with Gasteiger partial charge in [0.25, 0.3) is 0 Å². The molecule has 20 heavy (non-hydrogen) atoms. The largest absolute Gasteiger partial charge is 0.311 e. The number of hydrogen-bond acceptors (Lipinski definition) is 5. The topological polar surface area (TPSA) is 48.8 Å². The minimum absolute atomic E-state index is 0.158. The van der Waals surface area contributed by atoms with Gasteiger partial charge in [-0.2, -0.15) is 0 Å². The molecule has 1 aromatic heterocycles. The van der Waals surface area contributed by atoms with Crippen molar-refractivity contribution < 1.29 is 4.79 Å². The van der Waals surface area contributed by atoms with Crippen LogP contribution in [0.3, 0.4) is 0 Å². The summed E-state index contributed by atoms with van der Waals surface area (Å²) in [5, 5.41) is 6.24. The molecule has 0 aliphatic carbocycles. The Bertz CT molecular complexity index is 756. The molecular formula is C14H10N4OS. The number of hydrogen-bond donors (Lipinski definition) is 0. The van der Waals surface area contributed by atoms with E-state index in [-0.39, 0.29) is 5.91 Å². The van der Waals surface area contributed by atoms with Gasteiger partial charge in [0.2, 0.25) is 0 Å². The number of allylic oxidation sites excluding steroid dienone is 2. The summed E-state index contributed by atoms with van der Waals surface area (Å²) in [5.41, 5.74) is 0.852. The van der Waals surface area contributed by atoms with Crippen LogP contribution in [0.1, 0.15) is 9.80 Å². The number of carbonyl (C=O) groups excluding carboxylic acids is 1. The molecule has 3 heterocycles. The lowest BCUT2D eigenvalue weighted by molar-refractivity contribution is 0.0749. The Morgan fingerprint density at radius 2 is 2.15 bits per heavy atom. The summed E-state index contributed by atoms with van der Waals surface area (Å²) in [5.74, 6) is 0.622. The van der Waals surface area contributed by atoms with E-state index < -0.39 is 0 Å². The van der Waals surface area contributed by atoms with Crippen molar-refractivity contribution in [1.29, 1.82) is 0 Å². The van der Waals surface area contributed by atoms with Crippen LogP contribution >= 0.6 is 11.3 Å². The quantitative estimate of drug-likeness (QED) is 0.807. The van der Waals surface area contributed by atoms with Gasteiger partial charge in [0.1, 0.15) is 6.67 Å². The molecule has 0 fully saturated rings. The molecule has 0 radical (unpaired) electrons. The molecule has 2 aliphatic heterocycles. The number of fused-ring (bicyclic) bond motifs is 2. The minimum atomic E-state index is -0.158. The third-order valence-electron chi connectivity index (χ3n) is 3.14. The molecule has 0 saturated carbocycles. The van der Waals surface area contributed by atoms with Gasteiger partial charge >= 0.3 is 5.91 Å². The number of amides is 1. The maximum atomic E-state index is 12.5. The first-order chi connectivity index (χ1) is 9.81. The van der Waals surface area contributed by atoms with Gasteiger partial charge in [-0.15, -0.1) is 16.4 Å². The van der Waals surface area contributed by atoms with Crippen molar-refractivity contribution in [2.75, 3.05) is 6.67 Å². The van der Waals surface area contributed by atoms with E-state index in [1.54, 1.807) is 0 Å². The average molecular weight is 282 g/mol. The Hall–Kier alpha value is -2.47. The molecule has 0 unspecified atom stereocenters. The van der Waals surface area contributed by atoms with Gasteiger partial charge in [-0.1, -0.05) is 18.2 Å². The molecule has 1 aromatic carbocycles. The highest BCUT2D eigenvalue weighted by Gasteiger charge is 2.28.